The normalized spacial score (nSPS) is 30.1. The lowest BCUT2D eigenvalue weighted by atomic mass is 9.65. The van der Waals surface area contributed by atoms with Gasteiger partial charge in [-0.1, -0.05) is 26.7 Å². The molecule has 0 radical (unpaired) electrons. The molecule has 19 heteroatoms. The van der Waals surface area contributed by atoms with Gasteiger partial charge in [0, 0.05) is 153 Å². The topological polar surface area (TPSA) is 156 Å². The average Bonchev–Trinajstić information content (AvgIpc) is 3.84. The van der Waals surface area contributed by atoms with Crippen LogP contribution in [-0.2, 0) is 40.1 Å². The summed E-state index contributed by atoms with van der Waals surface area (Å²) in [7, 11) is 2.93. The fourth-order valence-corrected chi connectivity index (χ4v) is 17.5. The smallest absolute Gasteiger partial charge is 0.439 e. The summed E-state index contributed by atoms with van der Waals surface area (Å²) < 4.78 is 59.4. The summed E-state index contributed by atoms with van der Waals surface area (Å²) in [6.07, 6.45) is 8.57. The summed E-state index contributed by atoms with van der Waals surface area (Å²) in [5.74, 6) is 4.00. The highest BCUT2D eigenvalue weighted by molar-refractivity contribution is 7.52. The van der Waals surface area contributed by atoms with Gasteiger partial charge in [0.15, 0.2) is 0 Å². The Morgan fingerprint density at radius 2 is 1.11 bits per heavy atom. The van der Waals surface area contributed by atoms with Gasteiger partial charge in [-0.25, -0.2) is 13.9 Å². The first-order chi connectivity index (χ1) is 34.8. The van der Waals surface area contributed by atoms with Crippen LogP contribution in [0, 0.1) is 23.7 Å². The second-order valence-corrected chi connectivity index (χ2v) is 25.9. The van der Waals surface area contributed by atoms with Crippen molar-refractivity contribution in [1.82, 2.24) is 38.5 Å². The third-order valence-corrected chi connectivity index (χ3v) is 21.7. The van der Waals surface area contributed by atoms with E-state index in [9.17, 15) is 19.0 Å². The molecule has 14 rings (SSSR count). The highest BCUT2D eigenvalue weighted by Crippen LogP contribution is 2.61. The Bertz CT molecular complexity index is 2680. The van der Waals surface area contributed by atoms with Crippen molar-refractivity contribution in [3.63, 3.8) is 0 Å². The molecule has 396 valence electrons. The van der Waals surface area contributed by atoms with Crippen LogP contribution < -0.4 is 10.1 Å². The molecule has 10 heterocycles. The van der Waals surface area contributed by atoms with Crippen LogP contribution in [0.4, 0.5) is 4.79 Å². The largest absolute Gasteiger partial charge is 0.508 e. The number of phenols is 1. The SMILES string of the molecule is CCC1C[C@H]2C[C@H]3c4c(c5cc(O)ccc5n4P(=O)(OC)OC)CCN(C2)C13.CCC1C[C@H]2C[C@H]3c4c(c5cc(OC(=O)N6CCN(C)CC6)ccc5n4P(=O)(OC)OC)CCN(C2)C13.CN1CCNCC1. The minimum Gasteiger partial charge on any atom is -0.508 e. The lowest BCUT2D eigenvalue weighted by molar-refractivity contribution is -0.0138. The van der Waals surface area contributed by atoms with Gasteiger partial charge in [0.1, 0.15) is 11.5 Å². The number of ether oxygens (including phenoxy) is 1. The zero-order chi connectivity index (χ0) is 50.6. The van der Waals surface area contributed by atoms with Crippen molar-refractivity contribution in [2.45, 2.75) is 89.1 Å². The van der Waals surface area contributed by atoms with E-state index in [0.29, 0.717) is 60.5 Å². The van der Waals surface area contributed by atoms with Gasteiger partial charge < -0.3 is 29.9 Å². The summed E-state index contributed by atoms with van der Waals surface area (Å²) in [5, 5.41) is 15.4. The third kappa shape index (κ3) is 9.43. The molecule has 17 nitrogen and oxygen atoms in total. The number of carbonyl (C=O) groups is 1. The Balaban J connectivity index is 0.000000150. The van der Waals surface area contributed by atoms with E-state index in [1.165, 1.54) is 78.5 Å². The van der Waals surface area contributed by atoms with Crippen LogP contribution in [0.25, 0.3) is 21.8 Å². The maximum atomic E-state index is 14.0. The van der Waals surface area contributed by atoms with Crippen LogP contribution >= 0.6 is 15.5 Å². The molecule has 2 aliphatic carbocycles. The van der Waals surface area contributed by atoms with Crippen molar-refractivity contribution < 1.29 is 41.9 Å². The van der Waals surface area contributed by atoms with Crippen molar-refractivity contribution >= 4 is 43.4 Å². The second-order valence-electron chi connectivity index (χ2n) is 21.8. The summed E-state index contributed by atoms with van der Waals surface area (Å²) in [4.78, 5) is 24.5. The summed E-state index contributed by atoms with van der Waals surface area (Å²) >= 11 is 0. The number of benzene rings is 2. The van der Waals surface area contributed by atoms with E-state index in [0.717, 1.165) is 111 Å². The van der Waals surface area contributed by atoms with E-state index >= 15 is 0 Å². The first kappa shape index (κ1) is 52.1. The Labute approximate surface area is 426 Å². The molecule has 4 aromatic rings. The first-order valence-corrected chi connectivity index (χ1v) is 29.8. The number of hydrogen-bond donors (Lipinski definition) is 2. The molecule has 8 bridgehead atoms. The number of aromatic nitrogens is 2. The van der Waals surface area contributed by atoms with Crippen LogP contribution in [0.3, 0.4) is 0 Å². The van der Waals surface area contributed by atoms with Gasteiger partial charge in [-0.2, -0.15) is 0 Å². The van der Waals surface area contributed by atoms with Crippen molar-refractivity contribution in [3.8, 4) is 11.5 Å². The van der Waals surface area contributed by atoms with Gasteiger partial charge >= 0.3 is 21.6 Å². The highest BCUT2D eigenvalue weighted by Gasteiger charge is 2.52. The molecule has 2 aromatic carbocycles. The number of hydrogen-bond acceptors (Lipinski definition) is 14. The number of piperazine rings is 2. The van der Waals surface area contributed by atoms with E-state index in [2.05, 4.69) is 52.9 Å². The molecular formula is C53H80N8O9P2. The van der Waals surface area contributed by atoms with Gasteiger partial charge in [0.25, 0.3) is 0 Å². The molecule has 8 aliphatic heterocycles. The quantitative estimate of drug-likeness (QED) is 0.155. The van der Waals surface area contributed by atoms with E-state index in [1.807, 2.05) is 26.9 Å². The van der Waals surface area contributed by atoms with Gasteiger partial charge in [-0.15, -0.1) is 0 Å². The summed E-state index contributed by atoms with van der Waals surface area (Å²) in [5.41, 5.74) is 6.26. The van der Waals surface area contributed by atoms with Gasteiger partial charge in [-0.3, -0.25) is 36.6 Å². The number of rotatable bonds is 9. The van der Waals surface area contributed by atoms with Crippen LogP contribution in [0.1, 0.15) is 86.7 Å². The van der Waals surface area contributed by atoms with E-state index in [1.54, 1.807) is 23.1 Å². The number of aromatic hydroxyl groups is 1. The number of fused-ring (bicyclic) bond motifs is 8. The number of amides is 1. The lowest BCUT2D eigenvalue weighted by Gasteiger charge is -2.53. The number of nitrogens with one attached hydrogen (secondary N) is 1. The van der Waals surface area contributed by atoms with Crippen molar-refractivity contribution in [1.29, 1.82) is 0 Å². The molecule has 1 amide bonds. The third-order valence-electron chi connectivity index (χ3n) is 18.0. The van der Waals surface area contributed by atoms with Crippen molar-refractivity contribution in [2.24, 2.45) is 23.7 Å². The van der Waals surface area contributed by atoms with Crippen LogP contribution in [0.2, 0.25) is 0 Å². The number of likely N-dealkylation sites (N-methyl/N-ethyl adjacent to an activating group) is 2. The van der Waals surface area contributed by atoms with Gasteiger partial charge in [0.2, 0.25) is 0 Å². The molecule has 2 aromatic heterocycles. The standard InChI is InChI=1S/C27H39N4O5P.C21H29N2O4P.C5H12N2/c1-5-19-14-18-15-23-25(19)30(17-18)9-8-21-22-16-20(36-27(32)29-12-10-28(2)11-13-29)6-7-24(22)31(26(21)23)37(33,34-3)35-4;1-4-14-9-13-10-18-20(14)22(12-13)8-7-16-17-11-15(24)5-6-19(17)23(21(16)18)28(25,26-2)27-3;1-7-4-2-6-3-5-7/h6-7,16,18-19,23,25H,5,8-15,17H2,1-4H3;5-6,11,13-14,18,20,24H,4,7-10,12H2,1-3H3;6H,2-5H2,1H3/t18-,19?,23+,25?;13-,14?,18+,20?;/m00./s1. The molecule has 6 saturated heterocycles. The number of nitrogens with zero attached hydrogens (tertiary/aromatic N) is 7. The zero-order valence-electron chi connectivity index (χ0n) is 44.0. The molecule has 10 atom stereocenters. The molecule has 8 fully saturated rings. The average molecular weight is 1040 g/mol. The molecule has 6 unspecified atom stereocenters. The van der Waals surface area contributed by atoms with E-state index < -0.39 is 15.5 Å². The Morgan fingerprint density at radius 1 is 0.639 bits per heavy atom. The van der Waals surface area contributed by atoms with Crippen LogP contribution in [-0.4, -0.2) is 178 Å². The summed E-state index contributed by atoms with van der Waals surface area (Å²) in [6.45, 7) is 16.7. The van der Waals surface area contributed by atoms with Crippen LogP contribution in [0.5, 0.6) is 11.5 Å². The monoisotopic (exact) mass is 1030 g/mol. The van der Waals surface area contributed by atoms with E-state index in [-0.39, 0.29) is 17.8 Å². The molecule has 0 spiro atoms. The number of piperidine rings is 4. The van der Waals surface area contributed by atoms with E-state index in [4.69, 9.17) is 22.8 Å². The maximum Gasteiger partial charge on any atom is 0.439 e. The van der Waals surface area contributed by atoms with Crippen molar-refractivity contribution in [3.05, 3.63) is 58.9 Å². The minimum atomic E-state index is -3.60. The first-order valence-electron chi connectivity index (χ1n) is 26.8. The zero-order valence-corrected chi connectivity index (χ0v) is 45.8. The molecule has 2 N–H and O–H groups in total. The number of phenolic OH excluding ortho intramolecular Hbond substituents is 1. The predicted octanol–water partition coefficient (Wildman–Crippen LogP) is 8.27. The lowest BCUT2D eigenvalue weighted by Crippen LogP contribution is -2.56. The summed E-state index contributed by atoms with van der Waals surface area (Å²) in [6, 6.07) is 11.9. The number of carbonyl (C=O) groups excluding carboxylic acids is 1. The fourth-order valence-electron chi connectivity index (χ4n) is 14.6. The van der Waals surface area contributed by atoms with Crippen LogP contribution in [0.15, 0.2) is 36.4 Å². The maximum absolute atomic E-state index is 14.0. The second kappa shape index (κ2) is 21.4. The predicted molar refractivity (Wildman–Crippen MR) is 282 cm³/mol. The molecule has 72 heavy (non-hydrogen) atoms. The Kier molecular flexibility index (Phi) is 15.5. The Hall–Kier alpha value is -3.31. The molecule has 2 saturated carbocycles. The Morgan fingerprint density at radius 3 is 1.57 bits per heavy atom. The van der Waals surface area contributed by atoms with Gasteiger partial charge in [-0.05, 0) is 124 Å². The minimum absolute atomic E-state index is 0.234. The van der Waals surface area contributed by atoms with Gasteiger partial charge in [0.05, 0.1) is 11.0 Å². The fraction of sp³-hybridized carbons (Fsp3) is 0.679. The van der Waals surface area contributed by atoms with Crippen molar-refractivity contribution in [2.75, 3.05) is 121 Å². The molecular weight excluding hydrogens is 955 g/mol. The highest BCUT2D eigenvalue weighted by atomic mass is 31.2. The molecule has 10 aliphatic rings.